The number of methoxy groups -OCH3 is 2. The molecule has 0 atom stereocenters. The van der Waals surface area contributed by atoms with Crippen molar-refractivity contribution in [3.63, 3.8) is 0 Å². The number of rotatable bonds is 4. The van der Waals surface area contributed by atoms with Crippen molar-refractivity contribution in [1.82, 2.24) is 0 Å². The van der Waals surface area contributed by atoms with E-state index in [1.165, 1.54) is 26.4 Å². The average Bonchev–Trinajstić information content (AvgIpc) is 2.27. The van der Waals surface area contributed by atoms with Crippen molar-refractivity contribution in [3.8, 4) is 17.6 Å². The molecule has 0 unspecified atom stereocenters. The van der Waals surface area contributed by atoms with Gasteiger partial charge in [-0.1, -0.05) is 6.07 Å². The Labute approximate surface area is 104 Å². The summed E-state index contributed by atoms with van der Waals surface area (Å²) in [6, 6.07) is 4.86. The fourth-order valence-corrected chi connectivity index (χ4v) is 2.80. The van der Waals surface area contributed by atoms with E-state index in [9.17, 15) is 8.42 Å². The number of benzene rings is 1. The fraction of sp³-hybridized carbons (Fsp3) is 0.300. The molecule has 0 N–H and O–H groups in total. The number of nitrogens with zero attached hydrogens (tertiary/aromatic N) is 1. The maximum atomic E-state index is 11.5. The first kappa shape index (κ1) is 13.6. The van der Waals surface area contributed by atoms with Crippen LogP contribution in [0.3, 0.4) is 0 Å². The van der Waals surface area contributed by atoms with Crippen molar-refractivity contribution in [2.45, 2.75) is 11.3 Å². The van der Waals surface area contributed by atoms with Crippen LogP contribution in [0.15, 0.2) is 17.0 Å². The molecule has 0 aliphatic heterocycles. The predicted octanol–water partition coefficient (Wildman–Crippen LogP) is 1.70. The van der Waals surface area contributed by atoms with E-state index in [2.05, 4.69) is 0 Å². The van der Waals surface area contributed by atoms with Gasteiger partial charge in [0.25, 0.3) is 9.05 Å². The van der Waals surface area contributed by atoms with Crippen LogP contribution in [0.4, 0.5) is 0 Å². The summed E-state index contributed by atoms with van der Waals surface area (Å²) in [7, 11) is 4.01. The summed E-state index contributed by atoms with van der Waals surface area (Å²) in [6.45, 7) is 0. The van der Waals surface area contributed by atoms with Crippen molar-refractivity contribution in [2.75, 3.05) is 14.2 Å². The van der Waals surface area contributed by atoms with Gasteiger partial charge in [0.15, 0.2) is 11.5 Å². The van der Waals surface area contributed by atoms with E-state index in [-0.39, 0.29) is 28.4 Å². The van der Waals surface area contributed by atoms with E-state index in [1.54, 1.807) is 0 Å². The lowest BCUT2D eigenvalue weighted by molar-refractivity contribution is 0.346. The summed E-state index contributed by atoms with van der Waals surface area (Å²) in [6.07, 6.45) is -0.0817. The Balaban J connectivity index is 3.63. The van der Waals surface area contributed by atoms with Gasteiger partial charge in [-0.25, -0.2) is 8.42 Å². The SMILES string of the molecule is COc1ccc(CC#N)c(S(=O)(=O)Cl)c1OC. The second-order valence-corrected chi connectivity index (χ2v) is 5.56. The van der Waals surface area contributed by atoms with E-state index in [0.717, 1.165) is 0 Å². The summed E-state index contributed by atoms with van der Waals surface area (Å²) in [5, 5.41) is 8.64. The molecule has 0 aliphatic carbocycles. The zero-order valence-electron chi connectivity index (χ0n) is 9.23. The van der Waals surface area contributed by atoms with Gasteiger partial charge in [0, 0.05) is 10.7 Å². The zero-order chi connectivity index (χ0) is 13.1. The first-order chi connectivity index (χ1) is 7.95. The summed E-state index contributed by atoms with van der Waals surface area (Å²) < 4.78 is 33.0. The highest BCUT2D eigenvalue weighted by atomic mass is 35.7. The molecule has 7 heteroatoms. The minimum atomic E-state index is -4.01. The average molecular weight is 276 g/mol. The highest BCUT2D eigenvalue weighted by molar-refractivity contribution is 8.13. The summed E-state index contributed by atoms with van der Waals surface area (Å²) in [4.78, 5) is -0.220. The molecule has 0 heterocycles. The summed E-state index contributed by atoms with van der Waals surface area (Å²) >= 11 is 0. The quantitative estimate of drug-likeness (QED) is 0.782. The number of hydrogen-bond acceptors (Lipinski definition) is 5. The molecule has 0 aliphatic rings. The lowest BCUT2D eigenvalue weighted by Crippen LogP contribution is -2.03. The van der Waals surface area contributed by atoms with Gasteiger partial charge in [-0.2, -0.15) is 5.26 Å². The van der Waals surface area contributed by atoms with Crippen LogP contribution in [0.1, 0.15) is 5.56 Å². The maximum absolute atomic E-state index is 11.5. The Kier molecular flexibility index (Phi) is 4.21. The van der Waals surface area contributed by atoms with Crippen LogP contribution in [0.5, 0.6) is 11.5 Å². The van der Waals surface area contributed by atoms with Gasteiger partial charge in [-0.05, 0) is 11.6 Å². The molecule has 0 radical (unpaired) electrons. The number of hydrogen-bond donors (Lipinski definition) is 0. The summed E-state index contributed by atoms with van der Waals surface area (Å²) in [5.74, 6) is 0.253. The van der Waals surface area contributed by atoms with Crippen LogP contribution < -0.4 is 9.47 Å². The first-order valence-electron chi connectivity index (χ1n) is 4.51. The van der Waals surface area contributed by atoms with Gasteiger partial charge in [0.05, 0.1) is 26.7 Å². The zero-order valence-corrected chi connectivity index (χ0v) is 10.8. The second kappa shape index (κ2) is 5.25. The van der Waals surface area contributed by atoms with Crippen LogP contribution in [-0.4, -0.2) is 22.6 Å². The normalized spacial score (nSPS) is 10.7. The van der Waals surface area contributed by atoms with Gasteiger partial charge in [-0.15, -0.1) is 0 Å². The molecule has 17 heavy (non-hydrogen) atoms. The van der Waals surface area contributed by atoms with Gasteiger partial charge < -0.3 is 9.47 Å². The summed E-state index contributed by atoms with van der Waals surface area (Å²) in [5.41, 5.74) is 0.278. The molecule has 1 aromatic carbocycles. The Morgan fingerprint density at radius 3 is 2.41 bits per heavy atom. The van der Waals surface area contributed by atoms with E-state index < -0.39 is 9.05 Å². The second-order valence-electron chi connectivity index (χ2n) is 3.06. The monoisotopic (exact) mass is 275 g/mol. The fourth-order valence-electron chi connectivity index (χ4n) is 1.43. The molecule has 0 amide bonds. The van der Waals surface area contributed by atoms with E-state index in [4.69, 9.17) is 25.4 Å². The van der Waals surface area contributed by atoms with Crippen molar-refractivity contribution in [2.24, 2.45) is 0 Å². The van der Waals surface area contributed by atoms with Crippen LogP contribution >= 0.6 is 10.7 Å². The van der Waals surface area contributed by atoms with Gasteiger partial charge >= 0.3 is 0 Å². The number of nitriles is 1. The molecule has 1 rings (SSSR count). The molecule has 0 saturated heterocycles. The van der Waals surface area contributed by atoms with Crippen LogP contribution in [0.25, 0.3) is 0 Å². The lowest BCUT2D eigenvalue weighted by atomic mass is 10.1. The maximum Gasteiger partial charge on any atom is 0.265 e. The highest BCUT2D eigenvalue weighted by Gasteiger charge is 2.24. The third-order valence-corrected chi connectivity index (χ3v) is 3.49. The van der Waals surface area contributed by atoms with Crippen molar-refractivity contribution in [3.05, 3.63) is 17.7 Å². The van der Waals surface area contributed by atoms with E-state index >= 15 is 0 Å². The Hall–Kier alpha value is -1.45. The highest BCUT2D eigenvalue weighted by Crippen LogP contribution is 2.38. The molecule has 0 bridgehead atoms. The van der Waals surface area contributed by atoms with Crippen LogP contribution in [0.2, 0.25) is 0 Å². The van der Waals surface area contributed by atoms with Crippen LogP contribution in [-0.2, 0) is 15.5 Å². The molecular weight excluding hydrogens is 266 g/mol. The number of halogens is 1. The molecular formula is C10H10ClNO4S. The minimum Gasteiger partial charge on any atom is -0.493 e. The molecule has 0 aromatic heterocycles. The largest absolute Gasteiger partial charge is 0.493 e. The third-order valence-electron chi connectivity index (χ3n) is 2.09. The van der Waals surface area contributed by atoms with Gasteiger partial charge in [0.1, 0.15) is 4.90 Å². The molecule has 92 valence electrons. The van der Waals surface area contributed by atoms with Gasteiger partial charge in [0.2, 0.25) is 0 Å². The van der Waals surface area contributed by atoms with E-state index in [0.29, 0.717) is 0 Å². The van der Waals surface area contributed by atoms with Crippen LogP contribution in [0, 0.1) is 11.3 Å². The van der Waals surface area contributed by atoms with Gasteiger partial charge in [-0.3, -0.25) is 0 Å². The molecule has 1 aromatic rings. The Morgan fingerprint density at radius 2 is 2.00 bits per heavy atom. The standard InChI is InChI=1S/C10H10ClNO4S/c1-15-8-4-3-7(5-6-12)10(9(8)16-2)17(11,13)14/h3-4H,5H2,1-2H3. The number of ether oxygens (including phenoxy) is 2. The lowest BCUT2D eigenvalue weighted by Gasteiger charge is -2.13. The third kappa shape index (κ3) is 2.81. The molecule has 0 fully saturated rings. The topological polar surface area (TPSA) is 76.4 Å². The predicted molar refractivity (Wildman–Crippen MR) is 61.9 cm³/mol. The minimum absolute atomic E-state index is 0.00949. The Bertz CT molecular complexity index is 562. The molecule has 0 spiro atoms. The molecule has 0 saturated carbocycles. The van der Waals surface area contributed by atoms with Crippen molar-refractivity contribution < 1.29 is 17.9 Å². The molecule has 5 nitrogen and oxygen atoms in total. The smallest absolute Gasteiger partial charge is 0.265 e. The first-order valence-corrected chi connectivity index (χ1v) is 6.82. The van der Waals surface area contributed by atoms with Crippen molar-refractivity contribution in [1.29, 1.82) is 5.26 Å². The van der Waals surface area contributed by atoms with E-state index in [1.807, 2.05) is 6.07 Å². The van der Waals surface area contributed by atoms with Crippen molar-refractivity contribution >= 4 is 19.7 Å². The Morgan fingerprint density at radius 1 is 1.35 bits per heavy atom.